The zero-order valence-corrected chi connectivity index (χ0v) is 11.9. The van der Waals surface area contributed by atoms with Gasteiger partial charge in [-0.3, -0.25) is 0 Å². The summed E-state index contributed by atoms with van der Waals surface area (Å²) in [4.78, 5) is 4.88. The second kappa shape index (κ2) is 4.97. The van der Waals surface area contributed by atoms with Crippen LogP contribution in [0.4, 0.5) is 0 Å². The summed E-state index contributed by atoms with van der Waals surface area (Å²) in [5.41, 5.74) is 9.19. The normalized spacial score (nSPS) is 23.9. The maximum atomic E-state index is 5.71. The van der Waals surface area contributed by atoms with Crippen molar-refractivity contribution in [1.82, 2.24) is 9.55 Å². The molecule has 0 amide bonds. The van der Waals surface area contributed by atoms with E-state index in [0.29, 0.717) is 12.5 Å². The maximum Gasteiger partial charge on any atom is 0.112 e. The van der Waals surface area contributed by atoms with Gasteiger partial charge in [0.1, 0.15) is 5.82 Å². The van der Waals surface area contributed by atoms with Crippen molar-refractivity contribution in [1.29, 1.82) is 0 Å². The summed E-state index contributed by atoms with van der Waals surface area (Å²) in [6.07, 6.45) is 5.23. The van der Waals surface area contributed by atoms with Crippen molar-refractivity contribution >= 4 is 11.0 Å². The average molecular weight is 257 g/mol. The third kappa shape index (κ3) is 2.27. The summed E-state index contributed by atoms with van der Waals surface area (Å²) in [6.45, 7) is 2.95. The van der Waals surface area contributed by atoms with Crippen LogP contribution in [0, 0.1) is 5.92 Å². The second-order valence-corrected chi connectivity index (χ2v) is 6.01. The Kier molecular flexibility index (Phi) is 3.31. The van der Waals surface area contributed by atoms with Crippen molar-refractivity contribution in [3.8, 4) is 0 Å². The number of aromatic nitrogens is 2. The third-order valence-electron chi connectivity index (χ3n) is 4.60. The van der Waals surface area contributed by atoms with Gasteiger partial charge >= 0.3 is 0 Å². The summed E-state index contributed by atoms with van der Waals surface area (Å²) >= 11 is 0. The Morgan fingerprint density at radius 2 is 2.00 bits per heavy atom. The largest absolute Gasteiger partial charge is 0.331 e. The first-order valence-corrected chi connectivity index (χ1v) is 7.34. The SMILES string of the molecule is CC1CCC(c2nc3cc(CN)ccc3n2C)CC1. The molecule has 1 aromatic heterocycles. The Balaban J connectivity index is 1.97. The van der Waals surface area contributed by atoms with E-state index < -0.39 is 0 Å². The molecule has 102 valence electrons. The van der Waals surface area contributed by atoms with Gasteiger partial charge in [0.05, 0.1) is 11.0 Å². The van der Waals surface area contributed by atoms with Crippen molar-refractivity contribution < 1.29 is 0 Å². The molecular formula is C16H23N3. The number of hydrogen-bond donors (Lipinski definition) is 1. The van der Waals surface area contributed by atoms with Crippen molar-refractivity contribution in [3.63, 3.8) is 0 Å². The van der Waals surface area contributed by atoms with Gasteiger partial charge in [0, 0.05) is 19.5 Å². The topological polar surface area (TPSA) is 43.8 Å². The average Bonchev–Trinajstić information content (AvgIpc) is 2.76. The number of fused-ring (bicyclic) bond motifs is 1. The Morgan fingerprint density at radius 3 is 2.68 bits per heavy atom. The number of nitrogens with zero attached hydrogens (tertiary/aromatic N) is 2. The highest BCUT2D eigenvalue weighted by Crippen LogP contribution is 2.36. The molecule has 2 aromatic rings. The predicted octanol–water partition coefficient (Wildman–Crippen LogP) is 3.33. The van der Waals surface area contributed by atoms with Gasteiger partial charge < -0.3 is 10.3 Å². The molecule has 1 aliphatic rings. The molecule has 0 atom stereocenters. The monoisotopic (exact) mass is 257 g/mol. The highest BCUT2D eigenvalue weighted by Gasteiger charge is 2.23. The maximum absolute atomic E-state index is 5.71. The minimum absolute atomic E-state index is 0.586. The molecule has 0 unspecified atom stereocenters. The minimum atomic E-state index is 0.586. The van der Waals surface area contributed by atoms with Crippen LogP contribution in [0.3, 0.4) is 0 Å². The van der Waals surface area contributed by atoms with Gasteiger partial charge in [0.2, 0.25) is 0 Å². The zero-order chi connectivity index (χ0) is 13.4. The van der Waals surface area contributed by atoms with Gasteiger partial charge in [-0.2, -0.15) is 0 Å². The van der Waals surface area contributed by atoms with Crippen LogP contribution in [0.15, 0.2) is 18.2 Å². The smallest absolute Gasteiger partial charge is 0.112 e. The summed E-state index contributed by atoms with van der Waals surface area (Å²) in [5.74, 6) is 2.78. The first-order chi connectivity index (χ1) is 9.19. The van der Waals surface area contributed by atoms with Gasteiger partial charge in [0.25, 0.3) is 0 Å². The Hall–Kier alpha value is -1.35. The molecule has 2 N–H and O–H groups in total. The lowest BCUT2D eigenvalue weighted by atomic mass is 9.82. The molecule has 1 aromatic carbocycles. The molecule has 1 saturated carbocycles. The fourth-order valence-corrected chi connectivity index (χ4v) is 3.27. The zero-order valence-electron chi connectivity index (χ0n) is 11.9. The number of aryl methyl sites for hydroxylation is 1. The number of nitrogens with two attached hydrogens (primary N) is 1. The van der Waals surface area contributed by atoms with Crippen LogP contribution >= 0.6 is 0 Å². The Labute approximate surface area is 114 Å². The molecule has 0 spiro atoms. The molecule has 19 heavy (non-hydrogen) atoms. The predicted molar refractivity (Wildman–Crippen MR) is 79.0 cm³/mol. The molecule has 0 saturated heterocycles. The standard InChI is InChI=1S/C16H23N3/c1-11-3-6-13(7-4-11)16-18-14-9-12(10-17)5-8-15(14)19(16)2/h5,8-9,11,13H,3-4,6-7,10,17H2,1-2H3. The number of rotatable bonds is 2. The van der Waals surface area contributed by atoms with Crippen LogP contribution in [0.5, 0.6) is 0 Å². The van der Waals surface area contributed by atoms with Gasteiger partial charge in [-0.15, -0.1) is 0 Å². The van der Waals surface area contributed by atoms with Crippen LogP contribution in [0.2, 0.25) is 0 Å². The minimum Gasteiger partial charge on any atom is -0.331 e. The molecule has 3 rings (SSSR count). The molecule has 3 heteroatoms. The van der Waals surface area contributed by atoms with E-state index in [1.54, 1.807) is 0 Å². The first kappa shape index (κ1) is 12.7. The molecule has 1 fully saturated rings. The van der Waals surface area contributed by atoms with Gasteiger partial charge in [-0.05, 0) is 36.5 Å². The molecule has 0 aliphatic heterocycles. The lowest BCUT2D eigenvalue weighted by Crippen LogP contribution is -2.14. The van der Waals surface area contributed by atoms with E-state index >= 15 is 0 Å². The van der Waals surface area contributed by atoms with Crippen LogP contribution in [0.25, 0.3) is 11.0 Å². The highest BCUT2D eigenvalue weighted by molar-refractivity contribution is 5.77. The van der Waals surface area contributed by atoms with E-state index in [2.05, 4.69) is 36.7 Å². The number of imidazole rings is 1. The first-order valence-electron chi connectivity index (χ1n) is 7.34. The molecular weight excluding hydrogens is 234 g/mol. The van der Waals surface area contributed by atoms with Gasteiger partial charge in [0.15, 0.2) is 0 Å². The van der Waals surface area contributed by atoms with Crippen molar-refractivity contribution in [2.45, 2.75) is 45.1 Å². The molecule has 0 radical (unpaired) electrons. The lowest BCUT2D eigenvalue weighted by Gasteiger charge is -2.25. The van der Waals surface area contributed by atoms with Crippen molar-refractivity contribution in [3.05, 3.63) is 29.6 Å². The van der Waals surface area contributed by atoms with E-state index in [4.69, 9.17) is 10.7 Å². The van der Waals surface area contributed by atoms with E-state index in [0.717, 1.165) is 17.0 Å². The van der Waals surface area contributed by atoms with Crippen molar-refractivity contribution in [2.24, 2.45) is 18.7 Å². The fourth-order valence-electron chi connectivity index (χ4n) is 3.27. The van der Waals surface area contributed by atoms with E-state index in [1.165, 1.54) is 37.0 Å². The summed E-state index contributed by atoms with van der Waals surface area (Å²) in [7, 11) is 2.14. The molecule has 0 bridgehead atoms. The van der Waals surface area contributed by atoms with Crippen LogP contribution in [-0.4, -0.2) is 9.55 Å². The van der Waals surface area contributed by atoms with Crippen LogP contribution in [0.1, 0.15) is 49.9 Å². The Morgan fingerprint density at radius 1 is 1.26 bits per heavy atom. The summed E-state index contributed by atoms with van der Waals surface area (Å²) < 4.78 is 2.27. The molecule has 3 nitrogen and oxygen atoms in total. The van der Waals surface area contributed by atoms with Crippen molar-refractivity contribution in [2.75, 3.05) is 0 Å². The number of hydrogen-bond acceptors (Lipinski definition) is 2. The highest BCUT2D eigenvalue weighted by atomic mass is 15.1. The lowest BCUT2D eigenvalue weighted by molar-refractivity contribution is 0.337. The Bertz CT molecular complexity index is 577. The van der Waals surface area contributed by atoms with Gasteiger partial charge in [-0.25, -0.2) is 4.98 Å². The fraction of sp³-hybridized carbons (Fsp3) is 0.562. The quantitative estimate of drug-likeness (QED) is 0.897. The van der Waals surface area contributed by atoms with E-state index in [9.17, 15) is 0 Å². The molecule has 1 heterocycles. The summed E-state index contributed by atoms with van der Waals surface area (Å²) in [6, 6.07) is 6.39. The third-order valence-corrected chi connectivity index (χ3v) is 4.60. The van der Waals surface area contributed by atoms with Crippen LogP contribution < -0.4 is 5.73 Å². The second-order valence-electron chi connectivity index (χ2n) is 6.01. The number of benzene rings is 1. The van der Waals surface area contributed by atoms with E-state index in [-0.39, 0.29) is 0 Å². The van der Waals surface area contributed by atoms with E-state index in [1.807, 2.05) is 0 Å². The molecule has 1 aliphatic carbocycles. The van der Waals surface area contributed by atoms with Gasteiger partial charge in [-0.1, -0.05) is 25.8 Å². The van der Waals surface area contributed by atoms with Crippen LogP contribution in [-0.2, 0) is 13.6 Å². The summed E-state index contributed by atoms with van der Waals surface area (Å²) in [5, 5.41) is 0.